The number of hydrogen-bond donors (Lipinski definition) is 2. The zero-order valence-electron chi connectivity index (χ0n) is 12.3. The summed E-state index contributed by atoms with van der Waals surface area (Å²) in [4.78, 5) is 23.5. The van der Waals surface area contributed by atoms with Crippen LogP contribution < -0.4 is 10.6 Å². The first-order valence-electron chi connectivity index (χ1n) is 7.13. The van der Waals surface area contributed by atoms with E-state index in [-0.39, 0.29) is 17.7 Å². The fourth-order valence-corrected chi connectivity index (χ4v) is 3.12. The summed E-state index contributed by atoms with van der Waals surface area (Å²) in [5.74, 6) is 0.275. The number of nitrogens with zero attached hydrogens (tertiary/aromatic N) is 3. The molecule has 0 unspecified atom stereocenters. The van der Waals surface area contributed by atoms with Crippen LogP contribution >= 0.6 is 11.8 Å². The Labute approximate surface area is 128 Å². The van der Waals surface area contributed by atoms with E-state index in [0.29, 0.717) is 11.1 Å². The van der Waals surface area contributed by atoms with Crippen LogP contribution in [0.1, 0.15) is 32.6 Å². The van der Waals surface area contributed by atoms with Crippen LogP contribution in [0, 0.1) is 5.92 Å². The van der Waals surface area contributed by atoms with E-state index in [9.17, 15) is 9.59 Å². The number of imide groups is 1. The van der Waals surface area contributed by atoms with Gasteiger partial charge in [-0.2, -0.15) is 0 Å². The third-order valence-electron chi connectivity index (χ3n) is 3.68. The largest absolute Gasteiger partial charge is 0.335 e. The van der Waals surface area contributed by atoms with Crippen molar-refractivity contribution in [2.45, 2.75) is 43.8 Å². The van der Waals surface area contributed by atoms with Crippen LogP contribution in [0.3, 0.4) is 0 Å². The Morgan fingerprint density at radius 2 is 2.19 bits per heavy atom. The maximum atomic E-state index is 11.8. The summed E-state index contributed by atoms with van der Waals surface area (Å²) in [5.41, 5.74) is 0. The molecule has 8 heteroatoms. The lowest BCUT2D eigenvalue weighted by molar-refractivity contribution is -0.117. The third-order valence-corrected chi connectivity index (χ3v) is 4.72. The van der Waals surface area contributed by atoms with Crippen molar-refractivity contribution in [3.63, 3.8) is 0 Å². The average molecular weight is 311 g/mol. The van der Waals surface area contributed by atoms with Crippen LogP contribution in [-0.2, 0) is 11.8 Å². The molecular weight excluding hydrogens is 290 g/mol. The highest BCUT2D eigenvalue weighted by atomic mass is 32.2. The molecule has 1 fully saturated rings. The molecular formula is C13H21N5O2S. The second kappa shape index (κ2) is 7.44. The summed E-state index contributed by atoms with van der Waals surface area (Å²) in [6, 6.07) is -0.241. The van der Waals surface area contributed by atoms with Crippen LogP contribution in [0.25, 0.3) is 0 Å². The van der Waals surface area contributed by atoms with E-state index in [2.05, 4.69) is 27.8 Å². The fourth-order valence-electron chi connectivity index (χ4n) is 2.43. The molecule has 2 atom stereocenters. The number of nitrogens with one attached hydrogen (secondary N) is 2. The number of aromatic nitrogens is 3. The minimum Gasteiger partial charge on any atom is -0.335 e. The lowest BCUT2D eigenvalue weighted by Gasteiger charge is -2.29. The van der Waals surface area contributed by atoms with Gasteiger partial charge in [0.05, 0.1) is 5.75 Å². The zero-order valence-corrected chi connectivity index (χ0v) is 13.2. The number of carbonyl (C=O) groups is 2. The summed E-state index contributed by atoms with van der Waals surface area (Å²) in [7, 11) is 1.80. The van der Waals surface area contributed by atoms with E-state index in [1.807, 2.05) is 0 Å². The highest BCUT2D eigenvalue weighted by Crippen LogP contribution is 2.23. The molecule has 1 aromatic heterocycles. The summed E-state index contributed by atoms with van der Waals surface area (Å²) in [6.07, 6.45) is 6.02. The molecule has 1 aromatic rings. The maximum absolute atomic E-state index is 11.8. The summed E-state index contributed by atoms with van der Waals surface area (Å²) in [5, 5.41) is 13.5. The molecule has 1 heterocycles. The minimum absolute atomic E-state index is 0.139. The molecule has 0 aliphatic heterocycles. The Balaban J connectivity index is 1.72. The van der Waals surface area contributed by atoms with Gasteiger partial charge < -0.3 is 9.88 Å². The van der Waals surface area contributed by atoms with Gasteiger partial charge in [0.25, 0.3) is 0 Å². The molecule has 3 amide bonds. The van der Waals surface area contributed by atoms with E-state index in [0.717, 1.165) is 19.3 Å². The third kappa shape index (κ3) is 4.73. The van der Waals surface area contributed by atoms with Crippen molar-refractivity contribution in [1.82, 2.24) is 25.4 Å². The number of aryl methyl sites for hydroxylation is 1. The SMILES string of the molecule is C[C@H]1CCCC[C@H]1NC(=O)NC(=O)CSc1nncn1C. The smallest absolute Gasteiger partial charge is 0.321 e. The molecule has 1 aliphatic rings. The van der Waals surface area contributed by atoms with E-state index in [1.165, 1.54) is 18.2 Å². The molecule has 2 N–H and O–H groups in total. The van der Waals surface area contributed by atoms with Crippen LogP contribution in [-0.4, -0.2) is 38.5 Å². The van der Waals surface area contributed by atoms with E-state index < -0.39 is 6.03 Å². The molecule has 116 valence electrons. The number of carbonyl (C=O) groups excluding carboxylic acids is 2. The van der Waals surface area contributed by atoms with Crippen molar-refractivity contribution in [3.05, 3.63) is 6.33 Å². The highest BCUT2D eigenvalue weighted by Gasteiger charge is 2.23. The van der Waals surface area contributed by atoms with E-state index in [1.54, 1.807) is 17.9 Å². The normalized spacial score (nSPS) is 21.8. The molecule has 0 radical (unpaired) electrons. The fraction of sp³-hybridized carbons (Fsp3) is 0.692. The number of thioether (sulfide) groups is 1. The van der Waals surface area contributed by atoms with E-state index >= 15 is 0 Å². The molecule has 0 bridgehead atoms. The van der Waals surface area contributed by atoms with Crippen LogP contribution in [0.4, 0.5) is 4.79 Å². The highest BCUT2D eigenvalue weighted by molar-refractivity contribution is 7.99. The van der Waals surface area contributed by atoms with Crippen molar-refractivity contribution in [1.29, 1.82) is 0 Å². The molecule has 1 aliphatic carbocycles. The quantitative estimate of drug-likeness (QED) is 0.819. The van der Waals surface area contributed by atoms with Gasteiger partial charge in [0.1, 0.15) is 6.33 Å². The average Bonchev–Trinajstić information content (AvgIpc) is 2.84. The lowest BCUT2D eigenvalue weighted by Crippen LogP contribution is -2.48. The van der Waals surface area contributed by atoms with Crippen LogP contribution in [0.5, 0.6) is 0 Å². The van der Waals surface area contributed by atoms with Gasteiger partial charge in [-0.05, 0) is 18.8 Å². The van der Waals surface area contributed by atoms with Crippen molar-refractivity contribution in [3.8, 4) is 0 Å². The molecule has 2 rings (SSSR count). The summed E-state index contributed by atoms with van der Waals surface area (Å²) < 4.78 is 1.72. The molecule has 0 aromatic carbocycles. The first kappa shape index (κ1) is 15.8. The Kier molecular flexibility index (Phi) is 5.60. The van der Waals surface area contributed by atoms with Gasteiger partial charge in [0.2, 0.25) is 5.91 Å². The van der Waals surface area contributed by atoms with Crippen LogP contribution in [0.15, 0.2) is 11.5 Å². The number of rotatable bonds is 4. The second-order valence-corrected chi connectivity index (χ2v) is 6.35. The van der Waals surface area contributed by atoms with Gasteiger partial charge >= 0.3 is 6.03 Å². The van der Waals surface area contributed by atoms with Gasteiger partial charge in [-0.1, -0.05) is 31.5 Å². The summed E-state index contributed by atoms with van der Waals surface area (Å²) in [6.45, 7) is 2.13. The molecule has 1 saturated carbocycles. The van der Waals surface area contributed by atoms with E-state index in [4.69, 9.17) is 0 Å². The van der Waals surface area contributed by atoms with Gasteiger partial charge in [-0.3, -0.25) is 10.1 Å². The van der Waals surface area contributed by atoms with Gasteiger partial charge in [-0.15, -0.1) is 10.2 Å². The minimum atomic E-state index is -0.405. The second-order valence-electron chi connectivity index (χ2n) is 5.40. The van der Waals surface area contributed by atoms with Crippen molar-refractivity contribution >= 4 is 23.7 Å². The monoisotopic (exact) mass is 311 g/mol. The van der Waals surface area contributed by atoms with Crippen LogP contribution in [0.2, 0.25) is 0 Å². The predicted molar refractivity (Wildman–Crippen MR) is 79.8 cm³/mol. The van der Waals surface area contributed by atoms with Gasteiger partial charge in [-0.25, -0.2) is 4.79 Å². The van der Waals surface area contributed by atoms with Crippen molar-refractivity contribution in [2.24, 2.45) is 13.0 Å². The Morgan fingerprint density at radius 1 is 1.43 bits per heavy atom. The topological polar surface area (TPSA) is 88.9 Å². The Bertz CT molecular complexity index is 505. The molecule has 7 nitrogen and oxygen atoms in total. The van der Waals surface area contributed by atoms with Crippen molar-refractivity contribution in [2.75, 3.05) is 5.75 Å². The number of amides is 3. The number of hydrogen-bond acceptors (Lipinski definition) is 5. The van der Waals surface area contributed by atoms with Gasteiger partial charge in [0, 0.05) is 13.1 Å². The lowest BCUT2D eigenvalue weighted by atomic mass is 9.86. The van der Waals surface area contributed by atoms with Gasteiger partial charge in [0.15, 0.2) is 5.16 Å². The molecule has 0 saturated heterocycles. The molecule has 0 spiro atoms. The first-order chi connectivity index (χ1) is 10.1. The van der Waals surface area contributed by atoms with Crippen molar-refractivity contribution < 1.29 is 9.59 Å². The summed E-state index contributed by atoms with van der Waals surface area (Å²) >= 11 is 1.25. The Morgan fingerprint density at radius 3 is 2.86 bits per heavy atom. The first-order valence-corrected chi connectivity index (χ1v) is 8.12. The predicted octanol–water partition coefficient (Wildman–Crippen LogP) is 1.31. The molecule has 21 heavy (non-hydrogen) atoms. The Hall–Kier alpha value is -1.57. The number of urea groups is 1. The maximum Gasteiger partial charge on any atom is 0.321 e. The zero-order chi connectivity index (χ0) is 15.2. The standard InChI is InChI=1S/C13H21N5O2S/c1-9-5-3-4-6-10(9)15-12(20)16-11(19)7-21-13-17-14-8-18(13)2/h8-10H,3-7H2,1-2H3,(H2,15,16,19,20)/t9-,10+/m0/s1.